The SMILES string of the molecule is Cc1cc(Br)cc(NS(=O)(=O)c2cnc(Cl)s2)c1. The molecule has 0 aliphatic rings. The van der Waals surface area contributed by atoms with Gasteiger partial charge < -0.3 is 0 Å². The number of rotatable bonds is 3. The van der Waals surface area contributed by atoms with E-state index in [4.69, 9.17) is 11.6 Å². The molecule has 0 bridgehead atoms. The molecule has 0 radical (unpaired) electrons. The standard InChI is InChI=1S/C10H8BrClN2O2S2/c1-6-2-7(11)4-8(3-6)14-18(15,16)9-5-13-10(12)17-9/h2-5,14H,1H3. The van der Waals surface area contributed by atoms with Crippen molar-refractivity contribution in [2.24, 2.45) is 0 Å². The Morgan fingerprint density at radius 3 is 2.67 bits per heavy atom. The molecule has 1 aromatic carbocycles. The van der Waals surface area contributed by atoms with Gasteiger partial charge in [0, 0.05) is 4.47 Å². The van der Waals surface area contributed by atoms with E-state index in [2.05, 4.69) is 25.6 Å². The molecule has 1 heterocycles. The van der Waals surface area contributed by atoms with E-state index in [1.807, 2.05) is 13.0 Å². The van der Waals surface area contributed by atoms with Gasteiger partial charge in [0.1, 0.15) is 0 Å². The maximum absolute atomic E-state index is 12.0. The van der Waals surface area contributed by atoms with E-state index in [9.17, 15) is 8.42 Å². The monoisotopic (exact) mass is 366 g/mol. The Hall–Kier alpha value is -0.630. The number of benzene rings is 1. The molecule has 0 aliphatic heterocycles. The van der Waals surface area contributed by atoms with Gasteiger partial charge in [-0.3, -0.25) is 4.72 Å². The summed E-state index contributed by atoms with van der Waals surface area (Å²) in [5.74, 6) is 0. The summed E-state index contributed by atoms with van der Waals surface area (Å²) in [4.78, 5) is 3.72. The van der Waals surface area contributed by atoms with Crippen LogP contribution in [0.4, 0.5) is 5.69 Å². The molecule has 1 aromatic heterocycles. The van der Waals surface area contributed by atoms with E-state index in [0.29, 0.717) is 5.69 Å². The largest absolute Gasteiger partial charge is 0.279 e. The maximum Gasteiger partial charge on any atom is 0.273 e. The molecule has 0 spiro atoms. The van der Waals surface area contributed by atoms with Crippen LogP contribution in [0.5, 0.6) is 0 Å². The van der Waals surface area contributed by atoms with Gasteiger partial charge in [-0.15, -0.1) is 0 Å². The van der Waals surface area contributed by atoms with Gasteiger partial charge in [-0.1, -0.05) is 38.9 Å². The smallest absolute Gasteiger partial charge is 0.273 e. The molecule has 4 nitrogen and oxygen atoms in total. The van der Waals surface area contributed by atoms with Crippen LogP contribution in [0.1, 0.15) is 5.56 Å². The predicted octanol–water partition coefficient (Wildman–Crippen LogP) is 3.67. The number of hydrogen-bond donors (Lipinski definition) is 1. The molecule has 0 saturated carbocycles. The molecule has 0 saturated heterocycles. The molecule has 0 aliphatic carbocycles. The lowest BCUT2D eigenvalue weighted by Gasteiger charge is -2.07. The number of aryl methyl sites for hydroxylation is 1. The van der Waals surface area contributed by atoms with E-state index in [-0.39, 0.29) is 8.68 Å². The highest BCUT2D eigenvalue weighted by Crippen LogP contribution is 2.26. The first-order valence-corrected chi connectivity index (χ1v) is 8.25. The summed E-state index contributed by atoms with van der Waals surface area (Å²) in [6, 6.07) is 5.32. The van der Waals surface area contributed by atoms with Crippen LogP contribution >= 0.6 is 38.9 Å². The summed E-state index contributed by atoms with van der Waals surface area (Å²) >= 11 is 9.86. The Labute approximate surface area is 122 Å². The summed E-state index contributed by atoms with van der Waals surface area (Å²) < 4.78 is 27.6. The zero-order valence-corrected chi connectivity index (χ0v) is 13.1. The second kappa shape index (κ2) is 5.16. The third kappa shape index (κ3) is 3.23. The van der Waals surface area contributed by atoms with Gasteiger partial charge in [0.15, 0.2) is 8.68 Å². The summed E-state index contributed by atoms with van der Waals surface area (Å²) in [6.07, 6.45) is 1.24. The van der Waals surface area contributed by atoms with E-state index in [1.54, 1.807) is 12.1 Å². The normalized spacial score (nSPS) is 11.5. The van der Waals surface area contributed by atoms with Gasteiger partial charge >= 0.3 is 0 Å². The van der Waals surface area contributed by atoms with E-state index >= 15 is 0 Å². The highest BCUT2D eigenvalue weighted by Gasteiger charge is 2.17. The van der Waals surface area contributed by atoms with Gasteiger partial charge in [-0.2, -0.15) is 0 Å². The van der Waals surface area contributed by atoms with Crippen LogP contribution in [0, 0.1) is 6.92 Å². The Morgan fingerprint density at radius 2 is 2.11 bits per heavy atom. The summed E-state index contributed by atoms with van der Waals surface area (Å²) in [7, 11) is -3.63. The lowest BCUT2D eigenvalue weighted by Crippen LogP contribution is -2.11. The Bertz CT molecular complexity index is 665. The van der Waals surface area contributed by atoms with Crippen LogP contribution in [0.15, 0.2) is 33.1 Å². The number of aromatic nitrogens is 1. The first-order valence-electron chi connectivity index (χ1n) is 4.78. The van der Waals surface area contributed by atoms with Crippen molar-refractivity contribution in [2.45, 2.75) is 11.1 Å². The third-order valence-corrected chi connectivity index (χ3v) is 5.43. The molecule has 18 heavy (non-hydrogen) atoms. The van der Waals surface area contributed by atoms with Gasteiger partial charge in [0.25, 0.3) is 10.0 Å². The molecular weight excluding hydrogens is 360 g/mol. The highest BCUT2D eigenvalue weighted by molar-refractivity contribution is 9.10. The Kier molecular flexibility index (Phi) is 3.96. The molecule has 2 aromatic rings. The second-order valence-electron chi connectivity index (χ2n) is 3.56. The van der Waals surface area contributed by atoms with Gasteiger partial charge in [0.2, 0.25) is 0 Å². The van der Waals surface area contributed by atoms with Crippen LogP contribution in [-0.4, -0.2) is 13.4 Å². The zero-order chi connectivity index (χ0) is 13.3. The molecule has 8 heteroatoms. The van der Waals surface area contributed by atoms with Crippen molar-refractivity contribution in [3.05, 3.63) is 38.9 Å². The fourth-order valence-electron chi connectivity index (χ4n) is 1.36. The average molecular weight is 368 g/mol. The minimum absolute atomic E-state index is 0.0881. The van der Waals surface area contributed by atoms with Crippen LogP contribution in [-0.2, 0) is 10.0 Å². The molecule has 0 atom stereocenters. The lowest BCUT2D eigenvalue weighted by molar-refractivity contribution is 0.603. The lowest BCUT2D eigenvalue weighted by atomic mass is 10.2. The number of anilines is 1. The highest BCUT2D eigenvalue weighted by atomic mass is 79.9. The fourth-order valence-corrected chi connectivity index (χ4v) is 4.30. The van der Waals surface area contributed by atoms with Crippen LogP contribution in [0.3, 0.4) is 0 Å². The number of halogens is 2. The number of sulfonamides is 1. The summed E-state index contributed by atoms with van der Waals surface area (Å²) in [5, 5.41) is 0. The summed E-state index contributed by atoms with van der Waals surface area (Å²) in [5.41, 5.74) is 1.44. The van der Waals surface area contributed by atoms with Crippen molar-refractivity contribution >= 4 is 54.6 Å². The number of hydrogen-bond acceptors (Lipinski definition) is 4. The van der Waals surface area contributed by atoms with Crippen LogP contribution in [0.2, 0.25) is 4.47 Å². The van der Waals surface area contributed by atoms with E-state index in [0.717, 1.165) is 21.4 Å². The number of thiazole rings is 1. The van der Waals surface area contributed by atoms with Crippen LogP contribution in [0.25, 0.3) is 0 Å². The molecule has 1 N–H and O–H groups in total. The fraction of sp³-hybridized carbons (Fsp3) is 0.100. The molecule has 2 rings (SSSR count). The minimum atomic E-state index is -3.63. The van der Waals surface area contributed by atoms with Crippen molar-refractivity contribution in [3.8, 4) is 0 Å². The first-order chi connectivity index (χ1) is 8.37. The zero-order valence-electron chi connectivity index (χ0n) is 9.15. The van der Waals surface area contributed by atoms with Crippen LogP contribution < -0.4 is 4.72 Å². The average Bonchev–Trinajstić information content (AvgIpc) is 2.62. The first kappa shape index (κ1) is 13.8. The minimum Gasteiger partial charge on any atom is -0.279 e. The van der Waals surface area contributed by atoms with Crippen molar-refractivity contribution < 1.29 is 8.42 Å². The molecule has 0 unspecified atom stereocenters. The molecule has 0 fully saturated rings. The quantitative estimate of drug-likeness (QED) is 0.900. The molecule has 0 amide bonds. The van der Waals surface area contributed by atoms with E-state index in [1.165, 1.54) is 6.20 Å². The van der Waals surface area contributed by atoms with Gasteiger partial charge in [0.05, 0.1) is 11.9 Å². The van der Waals surface area contributed by atoms with E-state index < -0.39 is 10.0 Å². The van der Waals surface area contributed by atoms with Crippen molar-refractivity contribution in [3.63, 3.8) is 0 Å². The maximum atomic E-state index is 12.0. The second-order valence-corrected chi connectivity index (χ2v) is 7.99. The number of nitrogens with zero attached hydrogens (tertiary/aromatic N) is 1. The van der Waals surface area contributed by atoms with Gasteiger partial charge in [-0.25, -0.2) is 13.4 Å². The molecular formula is C10H8BrClN2O2S2. The Balaban J connectivity index is 2.33. The van der Waals surface area contributed by atoms with Crippen molar-refractivity contribution in [1.29, 1.82) is 0 Å². The Morgan fingerprint density at radius 1 is 1.39 bits per heavy atom. The summed E-state index contributed by atoms with van der Waals surface area (Å²) in [6.45, 7) is 1.88. The predicted molar refractivity (Wildman–Crippen MR) is 76.8 cm³/mol. The topological polar surface area (TPSA) is 59.1 Å². The number of nitrogens with one attached hydrogen (secondary N) is 1. The van der Waals surface area contributed by atoms with Crippen molar-refractivity contribution in [1.82, 2.24) is 4.98 Å². The van der Waals surface area contributed by atoms with Crippen molar-refractivity contribution in [2.75, 3.05) is 4.72 Å². The molecule has 96 valence electrons. The third-order valence-electron chi connectivity index (χ3n) is 2.02. The van der Waals surface area contributed by atoms with Gasteiger partial charge in [-0.05, 0) is 30.7 Å².